The second kappa shape index (κ2) is 5.91. The number of nitrogens with one attached hydrogen (secondary N) is 1. The molecule has 0 bridgehead atoms. The van der Waals surface area contributed by atoms with Gasteiger partial charge < -0.3 is 9.41 Å². The monoisotopic (exact) mass is 343 g/mol. The number of hydrogen-bond acceptors (Lipinski definition) is 4. The molecule has 0 aromatic carbocycles. The standard InChI is InChI=1S/C14H22ClN3OSSi/c1-14(2,3)21(5,6)19-8-9-7-16-12-10(9)11(15)17-13(18-12)20-4/h7H,8H2,1-6H3,(H,16,17,18). The average molecular weight is 344 g/mol. The quantitative estimate of drug-likeness (QED) is 0.373. The Bertz CT molecular complexity index is 651. The molecule has 0 fully saturated rings. The lowest BCUT2D eigenvalue weighted by Crippen LogP contribution is -2.40. The first kappa shape index (κ1) is 16.8. The molecular weight excluding hydrogens is 322 g/mol. The van der Waals surface area contributed by atoms with E-state index >= 15 is 0 Å². The maximum absolute atomic E-state index is 6.30. The number of H-pyrrole nitrogens is 1. The zero-order chi connectivity index (χ0) is 15.8. The molecule has 7 heteroatoms. The fraction of sp³-hybridized carbons (Fsp3) is 0.571. The average Bonchev–Trinajstić information content (AvgIpc) is 2.78. The van der Waals surface area contributed by atoms with Crippen molar-refractivity contribution in [3.8, 4) is 0 Å². The zero-order valence-electron chi connectivity index (χ0n) is 13.4. The van der Waals surface area contributed by atoms with Crippen LogP contribution in [0, 0.1) is 0 Å². The van der Waals surface area contributed by atoms with Gasteiger partial charge in [-0.2, -0.15) is 0 Å². The lowest BCUT2D eigenvalue weighted by Gasteiger charge is -2.36. The minimum atomic E-state index is -1.79. The van der Waals surface area contributed by atoms with Crippen LogP contribution in [-0.2, 0) is 11.0 Å². The summed E-state index contributed by atoms with van der Waals surface area (Å²) in [4.78, 5) is 11.9. The van der Waals surface area contributed by atoms with Crippen molar-refractivity contribution in [3.05, 3.63) is 16.9 Å². The van der Waals surface area contributed by atoms with Crippen LogP contribution in [-0.4, -0.2) is 29.5 Å². The number of rotatable bonds is 4. The molecule has 0 spiro atoms. The van der Waals surface area contributed by atoms with Crippen molar-refractivity contribution >= 4 is 42.7 Å². The van der Waals surface area contributed by atoms with E-state index in [0.29, 0.717) is 16.9 Å². The molecule has 2 aromatic heterocycles. The number of aromatic nitrogens is 3. The Morgan fingerprint density at radius 2 is 2.00 bits per heavy atom. The van der Waals surface area contributed by atoms with Crippen LogP contribution >= 0.6 is 23.4 Å². The molecule has 0 aliphatic carbocycles. The second-order valence-corrected chi connectivity index (χ2v) is 12.5. The summed E-state index contributed by atoms with van der Waals surface area (Å²) in [5.41, 5.74) is 1.79. The van der Waals surface area contributed by atoms with E-state index in [0.717, 1.165) is 16.6 Å². The Hall–Kier alpha value is -0.563. The fourth-order valence-electron chi connectivity index (χ4n) is 1.71. The highest BCUT2D eigenvalue weighted by atomic mass is 35.5. The molecule has 0 saturated heterocycles. The molecule has 21 heavy (non-hydrogen) atoms. The number of fused-ring (bicyclic) bond motifs is 1. The molecule has 0 unspecified atom stereocenters. The minimum absolute atomic E-state index is 0.186. The first-order chi connectivity index (χ1) is 9.65. The molecule has 2 aromatic rings. The topological polar surface area (TPSA) is 50.8 Å². The molecule has 4 nitrogen and oxygen atoms in total. The third-order valence-corrected chi connectivity index (χ3v) is 9.43. The van der Waals surface area contributed by atoms with Crippen LogP contribution in [0.1, 0.15) is 26.3 Å². The van der Waals surface area contributed by atoms with Crippen LogP contribution in [0.5, 0.6) is 0 Å². The van der Waals surface area contributed by atoms with Crippen molar-refractivity contribution in [2.24, 2.45) is 0 Å². The molecule has 0 saturated carbocycles. The molecule has 0 aliphatic rings. The summed E-state index contributed by atoms with van der Waals surface area (Å²) in [6.45, 7) is 11.7. The van der Waals surface area contributed by atoms with E-state index in [4.69, 9.17) is 16.0 Å². The highest BCUT2D eigenvalue weighted by Crippen LogP contribution is 2.37. The molecule has 2 rings (SSSR count). The van der Waals surface area contributed by atoms with Gasteiger partial charge in [0.05, 0.1) is 12.0 Å². The number of thioether (sulfide) groups is 1. The first-order valence-electron chi connectivity index (χ1n) is 6.87. The summed E-state index contributed by atoms with van der Waals surface area (Å²) in [5.74, 6) is 0. The lowest BCUT2D eigenvalue weighted by molar-refractivity contribution is 0.277. The number of halogens is 1. The van der Waals surface area contributed by atoms with Crippen molar-refractivity contribution in [2.75, 3.05) is 6.26 Å². The van der Waals surface area contributed by atoms with Gasteiger partial charge >= 0.3 is 0 Å². The molecule has 1 N–H and O–H groups in total. The van der Waals surface area contributed by atoms with Gasteiger partial charge in [0.1, 0.15) is 10.8 Å². The van der Waals surface area contributed by atoms with Gasteiger partial charge in [-0.3, -0.25) is 0 Å². The summed E-state index contributed by atoms with van der Waals surface area (Å²) >= 11 is 7.78. The van der Waals surface area contributed by atoms with Gasteiger partial charge in [-0.25, -0.2) is 9.97 Å². The van der Waals surface area contributed by atoms with Crippen molar-refractivity contribution in [1.29, 1.82) is 0 Å². The van der Waals surface area contributed by atoms with Gasteiger partial charge in [-0.05, 0) is 24.4 Å². The van der Waals surface area contributed by atoms with Gasteiger partial charge in [0.15, 0.2) is 13.5 Å². The fourth-order valence-corrected chi connectivity index (χ4v) is 3.37. The molecule has 0 atom stereocenters. The highest BCUT2D eigenvalue weighted by molar-refractivity contribution is 7.98. The van der Waals surface area contributed by atoms with E-state index < -0.39 is 8.32 Å². The molecular formula is C14H22ClN3OSSi. The van der Waals surface area contributed by atoms with Crippen LogP contribution in [0.4, 0.5) is 0 Å². The van der Waals surface area contributed by atoms with Crippen molar-refractivity contribution < 1.29 is 4.43 Å². The predicted octanol–water partition coefficient (Wildman–Crippen LogP) is 4.86. The first-order valence-corrected chi connectivity index (χ1v) is 11.4. The number of hydrogen-bond donors (Lipinski definition) is 1. The van der Waals surface area contributed by atoms with Crippen molar-refractivity contribution in [3.63, 3.8) is 0 Å². The van der Waals surface area contributed by atoms with Crippen LogP contribution in [0.3, 0.4) is 0 Å². The van der Waals surface area contributed by atoms with Crippen LogP contribution < -0.4 is 0 Å². The van der Waals surface area contributed by atoms with E-state index in [2.05, 4.69) is 48.8 Å². The molecule has 116 valence electrons. The predicted molar refractivity (Wildman–Crippen MR) is 92.7 cm³/mol. The molecule has 0 amide bonds. The Balaban J connectivity index is 2.28. The summed E-state index contributed by atoms with van der Waals surface area (Å²) < 4.78 is 6.26. The molecule has 2 heterocycles. The maximum Gasteiger partial charge on any atom is 0.192 e. The smallest absolute Gasteiger partial charge is 0.192 e. The zero-order valence-corrected chi connectivity index (χ0v) is 15.9. The van der Waals surface area contributed by atoms with E-state index in [1.165, 1.54) is 11.8 Å². The Kier molecular flexibility index (Phi) is 4.73. The van der Waals surface area contributed by atoms with Crippen molar-refractivity contribution in [1.82, 2.24) is 15.0 Å². The largest absolute Gasteiger partial charge is 0.412 e. The van der Waals surface area contributed by atoms with Gasteiger partial charge in [-0.15, -0.1) is 0 Å². The van der Waals surface area contributed by atoms with Gasteiger partial charge in [-0.1, -0.05) is 44.1 Å². The highest BCUT2D eigenvalue weighted by Gasteiger charge is 2.37. The number of aromatic amines is 1. The molecule has 0 aliphatic heterocycles. The Morgan fingerprint density at radius 3 is 2.57 bits per heavy atom. The lowest BCUT2D eigenvalue weighted by atomic mass is 10.2. The van der Waals surface area contributed by atoms with Gasteiger partial charge in [0.2, 0.25) is 0 Å². The third-order valence-electron chi connectivity index (χ3n) is 4.13. The van der Waals surface area contributed by atoms with Gasteiger partial charge in [0, 0.05) is 11.8 Å². The molecule has 0 radical (unpaired) electrons. The maximum atomic E-state index is 6.30. The SMILES string of the molecule is CSc1nc(Cl)c2c(CO[Si](C)(C)C(C)(C)C)c[nH]c2n1. The Morgan fingerprint density at radius 1 is 1.33 bits per heavy atom. The summed E-state index contributed by atoms with van der Waals surface area (Å²) in [7, 11) is -1.79. The minimum Gasteiger partial charge on any atom is -0.412 e. The van der Waals surface area contributed by atoms with Crippen molar-refractivity contribution in [2.45, 2.75) is 50.7 Å². The summed E-state index contributed by atoms with van der Waals surface area (Å²) in [5, 5.41) is 2.21. The Labute approximate surface area is 136 Å². The van der Waals surface area contributed by atoms with E-state index in [9.17, 15) is 0 Å². The van der Waals surface area contributed by atoms with E-state index in [-0.39, 0.29) is 5.04 Å². The van der Waals surface area contributed by atoms with Crippen LogP contribution in [0.15, 0.2) is 11.4 Å². The summed E-state index contributed by atoms with van der Waals surface area (Å²) in [6, 6.07) is 0. The van der Waals surface area contributed by atoms with Crippen LogP contribution in [0.2, 0.25) is 23.3 Å². The normalized spacial score (nSPS) is 13.1. The third kappa shape index (κ3) is 3.44. The second-order valence-electron chi connectivity index (χ2n) is 6.59. The number of nitrogens with zero attached hydrogens (tertiary/aromatic N) is 2. The van der Waals surface area contributed by atoms with Gasteiger partial charge in [0.25, 0.3) is 0 Å². The van der Waals surface area contributed by atoms with E-state index in [1.54, 1.807) is 0 Å². The van der Waals surface area contributed by atoms with E-state index in [1.807, 2.05) is 12.5 Å². The van der Waals surface area contributed by atoms with Crippen LogP contribution in [0.25, 0.3) is 11.0 Å². The summed E-state index contributed by atoms with van der Waals surface area (Å²) in [6.07, 6.45) is 3.85.